The summed E-state index contributed by atoms with van der Waals surface area (Å²) in [6.07, 6.45) is -2.36. The van der Waals surface area contributed by atoms with Crippen molar-refractivity contribution in [2.75, 3.05) is 7.11 Å². The van der Waals surface area contributed by atoms with Gasteiger partial charge in [0.1, 0.15) is 18.1 Å². The van der Waals surface area contributed by atoms with Gasteiger partial charge >= 0.3 is 0 Å². The first-order valence-corrected chi connectivity index (χ1v) is 9.32. The second kappa shape index (κ2) is 8.36. The van der Waals surface area contributed by atoms with E-state index in [0.717, 1.165) is 11.1 Å². The summed E-state index contributed by atoms with van der Waals surface area (Å²) < 4.78 is 23.3. The van der Waals surface area contributed by atoms with Crippen LogP contribution in [-0.2, 0) is 32.2 Å². The van der Waals surface area contributed by atoms with E-state index < -0.39 is 36.6 Å². The first-order chi connectivity index (χ1) is 13.7. The highest BCUT2D eigenvalue weighted by Gasteiger charge is 2.68. The number of rotatable bonds is 8. The van der Waals surface area contributed by atoms with E-state index in [9.17, 15) is 10.1 Å². The molecule has 0 unspecified atom stereocenters. The molecule has 2 aromatic carbocycles. The Bertz CT molecular complexity index is 786. The van der Waals surface area contributed by atoms with Crippen molar-refractivity contribution in [1.82, 2.24) is 0 Å². The van der Waals surface area contributed by atoms with Crippen molar-refractivity contribution >= 4 is 0 Å². The van der Waals surface area contributed by atoms with Crippen LogP contribution in [0.3, 0.4) is 0 Å². The van der Waals surface area contributed by atoms with Crippen LogP contribution in [0.25, 0.3) is 0 Å². The van der Waals surface area contributed by atoms with E-state index in [1.165, 1.54) is 7.11 Å². The van der Waals surface area contributed by atoms with Gasteiger partial charge in [0.15, 0.2) is 12.4 Å². The molecule has 0 amide bonds. The summed E-state index contributed by atoms with van der Waals surface area (Å²) in [7, 11) is 1.50. The summed E-state index contributed by atoms with van der Waals surface area (Å²) in [6, 6.07) is 18.4. The molecule has 0 aromatic heterocycles. The minimum absolute atomic E-state index is 0.283. The fourth-order valence-corrected chi connectivity index (χ4v) is 4.14. The summed E-state index contributed by atoms with van der Waals surface area (Å²) in [5, 5.41) is 11.9. The third kappa shape index (κ3) is 3.66. The first-order valence-electron chi connectivity index (χ1n) is 9.32. The van der Waals surface area contributed by atoms with Crippen molar-refractivity contribution in [3.05, 3.63) is 81.9 Å². The van der Waals surface area contributed by atoms with E-state index in [0.29, 0.717) is 6.61 Å². The van der Waals surface area contributed by atoms with Crippen molar-refractivity contribution in [2.45, 2.75) is 43.9 Å². The van der Waals surface area contributed by atoms with Gasteiger partial charge < -0.3 is 18.9 Å². The molecule has 2 bridgehead atoms. The van der Waals surface area contributed by atoms with Gasteiger partial charge in [-0.25, -0.2) is 0 Å². The molecule has 2 fully saturated rings. The number of ether oxygens (including phenoxy) is 4. The number of hydrogen-bond acceptors (Lipinski definition) is 6. The molecular weight excluding hydrogens is 362 g/mol. The largest absolute Gasteiger partial charge is 0.370 e. The van der Waals surface area contributed by atoms with E-state index in [-0.39, 0.29) is 11.5 Å². The third-order valence-electron chi connectivity index (χ3n) is 5.41. The standard InChI is InChI=1S/C21H23NO6/c1-25-21-16-17(22(23)24)19(27-13-15-10-6-3-7-11-15)20(28-21)18(16)26-12-14-8-4-2-5-9-14/h2-11,16-21H,12-13H2,1H3/t16-,17-,18+,19+,20-,21-/m0/s1. The van der Waals surface area contributed by atoms with Crippen LogP contribution in [0.1, 0.15) is 11.1 Å². The Morgan fingerprint density at radius 2 is 1.46 bits per heavy atom. The van der Waals surface area contributed by atoms with Crippen LogP contribution < -0.4 is 0 Å². The molecule has 1 saturated heterocycles. The Labute approximate surface area is 163 Å². The van der Waals surface area contributed by atoms with E-state index in [1.54, 1.807) is 0 Å². The molecule has 0 N–H and O–H groups in total. The van der Waals surface area contributed by atoms with Gasteiger partial charge in [-0.15, -0.1) is 0 Å². The lowest BCUT2D eigenvalue weighted by Gasteiger charge is -2.29. The fourth-order valence-electron chi connectivity index (χ4n) is 4.14. The quantitative estimate of drug-likeness (QED) is 0.514. The molecule has 0 radical (unpaired) electrons. The Morgan fingerprint density at radius 3 is 1.96 bits per heavy atom. The smallest absolute Gasteiger partial charge is 0.251 e. The third-order valence-corrected chi connectivity index (χ3v) is 5.41. The average Bonchev–Trinajstić information content (AvgIpc) is 3.23. The number of hydrogen-bond donors (Lipinski definition) is 0. The van der Waals surface area contributed by atoms with Crippen LogP contribution >= 0.6 is 0 Å². The van der Waals surface area contributed by atoms with Crippen LogP contribution in [0.2, 0.25) is 0 Å². The number of benzene rings is 2. The van der Waals surface area contributed by atoms with Gasteiger partial charge in [0.2, 0.25) is 0 Å². The van der Waals surface area contributed by atoms with Gasteiger partial charge in [0, 0.05) is 12.0 Å². The minimum atomic E-state index is -0.937. The molecule has 0 spiro atoms. The SMILES string of the molecule is CO[C@H]1O[C@H]2[C@H](OCc3ccccc3)[C@@H]1[C@H]([N+](=O)[O-])[C@H]2OCc1ccccc1. The average molecular weight is 385 g/mol. The Hall–Kier alpha value is -2.32. The van der Waals surface area contributed by atoms with E-state index in [1.807, 2.05) is 60.7 Å². The maximum absolute atomic E-state index is 11.9. The van der Waals surface area contributed by atoms with Crippen LogP contribution in [0.15, 0.2) is 60.7 Å². The molecule has 1 heterocycles. The number of nitro groups is 1. The maximum Gasteiger partial charge on any atom is 0.251 e. The summed E-state index contributed by atoms with van der Waals surface area (Å²) in [5.74, 6) is -0.519. The monoisotopic (exact) mass is 385 g/mol. The van der Waals surface area contributed by atoms with E-state index >= 15 is 0 Å². The molecule has 2 aromatic rings. The second-order valence-electron chi connectivity index (χ2n) is 7.08. The highest BCUT2D eigenvalue weighted by molar-refractivity contribution is 5.15. The predicted octanol–water partition coefficient (Wildman–Crippen LogP) is 2.80. The van der Waals surface area contributed by atoms with Crippen molar-refractivity contribution in [3.63, 3.8) is 0 Å². The molecule has 4 rings (SSSR count). The van der Waals surface area contributed by atoms with Crippen LogP contribution in [0.5, 0.6) is 0 Å². The first kappa shape index (κ1) is 19.0. The second-order valence-corrected chi connectivity index (χ2v) is 7.08. The van der Waals surface area contributed by atoms with Crippen LogP contribution in [0.4, 0.5) is 0 Å². The zero-order valence-corrected chi connectivity index (χ0v) is 15.5. The molecule has 2 aliphatic rings. The topological polar surface area (TPSA) is 80.1 Å². The van der Waals surface area contributed by atoms with Gasteiger partial charge in [-0.3, -0.25) is 10.1 Å². The molecule has 148 valence electrons. The molecule has 6 atom stereocenters. The molecule has 1 aliphatic heterocycles. The van der Waals surface area contributed by atoms with E-state index in [4.69, 9.17) is 18.9 Å². The lowest BCUT2D eigenvalue weighted by molar-refractivity contribution is -0.552. The highest BCUT2D eigenvalue weighted by atomic mass is 16.7. The van der Waals surface area contributed by atoms with Crippen molar-refractivity contribution in [3.8, 4) is 0 Å². The fraction of sp³-hybridized carbons (Fsp3) is 0.429. The molecular formula is C21H23NO6. The van der Waals surface area contributed by atoms with Crippen molar-refractivity contribution in [2.24, 2.45) is 5.92 Å². The summed E-state index contributed by atoms with van der Waals surface area (Å²) in [5.41, 5.74) is 1.96. The summed E-state index contributed by atoms with van der Waals surface area (Å²) >= 11 is 0. The maximum atomic E-state index is 11.9. The van der Waals surface area contributed by atoms with Crippen molar-refractivity contribution < 1.29 is 23.9 Å². The summed E-state index contributed by atoms with van der Waals surface area (Å²) in [4.78, 5) is 11.6. The zero-order valence-electron chi connectivity index (χ0n) is 15.5. The van der Waals surface area contributed by atoms with Crippen LogP contribution in [0, 0.1) is 16.0 Å². The Balaban J connectivity index is 1.51. The normalized spacial score (nSPS) is 31.2. The molecule has 1 aliphatic carbocycles. The number of nitrogens with zero attached hydrogens (tertiary/aromatic N) is 1. The lowest BCUT2D eigenvalue weighted by Crippen LogP contribution is -2.48. The van der Waals surface area contributed by atoms with Gasteiger partial charge in [0.05, 0.1) is 13.2 Å². The lowest BCUT2D eigenvalue weighted by atomic mass is 10.0. The van der Waals surface area contributed by atoms with Gasteiger partial charge in [-0.1, -0.05) is 60.7 Å². The molecule has 7 nitrogen and oxygen atoms in total. The Kier molecular flexibility index (Phi) is 5.68. The van der Waals surface area contributed by atoms with Crippen molar-refractivity contribution in [1.29, 1.82) is 0 Å². The predicted molar refractivity (Wildman–Crippen MR) is 100.0 cm³/mol. The number of fused-ring (bicyclic) bond motifs is 2. The van der Waals surface area contributed by atoms with Gasteiger partial charge in [-0.05, 0) is 11.1 Å². The zero-order chi connectivity index (χ0) is 19.5. The molecule has 7 heteroatoms. The van der Waals surface area contributed by atoms with E-state index in [2.05, 4.69) is 0 Å². The Morgan fingerprint density at radius 1 is 0.929 bits per heavy atom. The van der Waals surface area contributed by atoms with Crippen LogP contribution in [-0.4, -0.2) is 42.7 Å². The highest BCUT2D eigenvalue weighted by Crippen LogP contribution is 2.46. The summed E-state index contributed by atoms with van der Waals surface area (Å²) in [6.45, 7) is 0.639. The van der Waals surface area contributed by atoms with Gasteiger partial charge in [-0.2, -0.15) is 0 Å². The molecule has 28 heavy (non-hydrogen) atoms. The molecule has 1 saturated carbocycles. The van der Waals surface area contributed by atoms with Gasteiger partial charge in [0.25, 0.3) is 6.04 Å². The number of methoxy groups -OCH3 is 1. The minimum Gasteiger partial charge on any atom is -0.370 e.